The highest BCUT2D eigenvalue weighted by Crippen LogP contribution is 2.48. The molecule has 0 spiro atoms. The first-order valence-electron chi connectivity index (χ1n) is 12.3. The second-order valence-electron chi connectivity index (χ2n) is 8.93. The fraction of sp³-hybridized carbons (Fsp3) is 0.346. The van der Waals surface area contributed by atoms with Crippen molar-refractivity contribution in [3.05, 3.63) is 64.2 Å². The van der Waals surface area contributed by atoms with Gasteiger partial charge in [-0.1, -0.05) is 42.2 Å². The minimum Gasteiger partial charge on any atom is -0.748 e. The van der Waals surface area contributed by atoms with E-state index >= 15 is 0 Å². The molecule has 9 nitrogen and oxygen atoms in total. The summed E-state index contributed by atoms with van der Waals surface area (Å²) in [4.78, 5) is 3.01. The highest BCUT2D eigenvalue weighted by molar-refractivity contribution is 8.03. The maximum Gasteiger partial charge on any atom is 0.263 e. The molecule has 0 amide bonds. The molecule has 0 fully saturated rings. The molecule has 0 saturated heterocycles. The van der Waals surface area contributed by atoms with Crippen LogP contribution in [-0.2, 0) is 26.8 Å². The van der Waals surface area contributed by atoms with E-state index in [2.05, 4.69) is 12.2 Å². The molecular formula is C26H29N2O7S4-. The Morgan fingerprint density at radius 2 is 1.77 bits per heavy atom. The molecule has 2 heterocycles. The van der Waals surface area contributed by atoms with Crippen LogP contribution in [0.3, 0.4) is 0 Å². The number of rotatable bonds is 12. The number of fused-ring (bicyclic) bond motifs is 2. The van der Waals surface area contributed by atoms with Gasteiger partial charge in [-0.2, -0.15) is 4.57 Å². The molecule has 3 aromatic rings. The minimum absolute atomic E-state index is 0.185. The van der Waals surface area contributed by atoms with Crippen molar-refractivity contribution in [1.82, 2.24) is 0 Å². The molecule has 0 radical (unpaired) electrons. The number of hydrogen-bond acceptors (Lipinski definition) is 10. The third-order valence-corrected chi connectivity index (χ3v) is 9.95. The van der Waals surface area contributed by atoms with Crippen LogP contribution < -0.4 is 14.2 Å². The quantitative estimate of drug-likeness (QED) is 0.218. The number of nitrogens with zero attached hydrogens (tertiary/aromatic N) is 2. The lowest BCUT2D eigenvalue weighted by molar-refractivity contribution is -0.668. The molecule has 4 rings (SSSR count). The van der Waals surface area contributed by atoms with Gasteiger partial charge in [0.05, 0.1) is 38.1 Å². The molecule has 13 heteroatoms. The first kappa shape index (κ1) is 29.6. The van der Waals surface area contributed by atoms with Crippen LogP contribution in [0.15, 0.2) is 64.0 Å². The Bertz CT molecular complexity index is 1630. The second kappa shape index (κ2) is 12.4. The van der Waals surface area contributed by atoms with Gasteiger partial charge >= 0.3 is 0 Å². The number of hydrogen-bond donors (Lipinski definition) is 0. The van der Waals surface area contributed by atoms with E-state index in [1.54, 1.807) is 30.2 Å². The van der Waals surface area contributed by atoms with Gasteiger partial charge in [-0.3, -0.25) is 0 Å². The highest BCUT2D eigenvalue weighted by Gasteiger charge is 2.26. The number of allylic oxidation sites excluding steroid dienone is 2. The number of anilines is 1. The van der Waals surface area contributed by atoms with Crippen LogP contribution in [0.2, 0.25) is 0 Å². The Labute approximate surface area is 237 Å². The fourth-order valence-corrected chi connectivity index (χ4v) is 7.57. The van der Waals surface area contributed by atoms with Crippen molar-refractivity contribution < 1.29 is 35.2 Å². The van der Waals surface area contributed by atoms with E-state index < -0.39 is 31.7 Å². The zero-order chi connectivity index (χ0) is 28.2. The van der Waals surface area contributed by atoms with Crippen molar-refractivity contribution >= 4 is 65.3 Å². The lowest BCUT2D eigenvalue weighted by atomic mass is 10.2. The van der Waals surface area contributed by atoms with Gasteiger partial charge in [-0.25, -0.2) is 16.8 Å². The predicted molar refractivity (Wildman–Crippen MR) is 153 cm³/mol. The van der Waals surface area contributed by atoms with Crippen molar-refractivity contribution in [1.29, 1.82) is 0 Å². The topological polar surface area (TPSA) is 131 Å². The highest BCUT2D eigenvalue weighted by atomic mass is 32.2. The third kappa shape index (κ3) is 7.83. The largest absolute Gasteiger partial charge is 0.748 e. The summed E-state index contributed by atoms with van der Waals surface area (Å²) in [5.41, 5.74) is 2.87. The average molecular weight is 610 g/mol. The number of thiazole rings is 1. The van der Waals surface area contributed by atoms with Gasteiger partial charge in [0.2, 0.25) is 5.52 Å². The summed E-state index contributed by atoms with van der Waals surface area (Å²) < 4.78 is 75.7. The van der Waals surface area contributed by atoms with Gasteiger partial charge in [0, 0.05) is 47.6 Å². The third-order valence-electron chi connectivity index (χ3n) is 6.15. The number of thioether (sulfide) groups is 1. The minimum atomic E-state index is -4.32. The summed E-state index contributed by atoms with van der Waals surface area (Å²) >= 11 is 3.14. The first-order chi connectivity index (χ1) is 18.5. The van der Waals surface area contributed by atoms with E-state index in [9.17, 15) is 25.9 Å². The maximum atomic E-state index is 11.2. The molecule has 0 aliphatic carbocycles. The number of methoxy groups -OCH3 is 1. The molecule has 39 heavy (non-hydrogen) atoms. The van der Waals surface area contributed by atoms with Gasteiger partial charge in [-0.05, 0) is 42.7 Å². The zero-order valence-corrected chi connectivity index (χ0v) is 24.8. The summed E-state index contributed by atoms with van der Waals surface area (Å²) in [5, 5.41) is 1.83. The Morgan fingerprint density at radius 3 is 2.46 bits per heavy atom. The number of para-hydroxylation sites is 1. The molecule has 0 atom stereocenters. The predicted octanol–water partition coefficient (Wildman–Crippen LogP) is 4.32. The van der Waals surface area contributed by atoms with Crippen LogP contribution in [0.4, 0.5) is 5.69 Å². The van der Waals surface area contributed by atoms with E-state index in [-0.39, 0.29) is 12.8 Å². The van der Waals surface area contributed by atoms with Gasteiger partial charge in [0.25, 0.3) is 5.01 Å². The van der Waals surface area contributed by atoms with Gasteiger partial charge < -0.3 is 18.7 Å². The zero-order valence-electron chi connectivity index (χ0n) is 21.5. The second-order valence-corrected chi connectivity index (χ2v) is 14.1. The van der Waals surface area contributed by atoms with E-state index in [4.69, 9.17) is 4.74 Å². The summed E-state index contributed by atoms with van der Waals surface area (Å²) in [6, 6.07) is 13.6. The number of ether oxygens (including phenoxy) is 1. The van der Waals surface area contributed by atoms with Crippen molar-refractivity contribution in [3.63, 3.8) is 0 Å². The van der Waals surface area contributed by atoms with Crippen LogP contribution in [0, 0.1) is 0 Å². The number of benzene rings is 2. The summed E-state index contributed by atoms with van der Waals surface area (Å²) in [5.74, 6) is -0.197. The van der Waals surface area contributed by atoms with Crippen LogP contribution in [-0.4, -0.2) is 51.1 Å². The molecular weight excluding hydrogens is 581 g/mol. The Kier molecular flexibility index (Phi) is 9.40. The summed E-state index contributed by atoms with van der Waals surface area (Å²) in [6.45, 7) is 2.78. The van der Waals surface area contributed by atoms with Crippen LogP contribution >= 0.6 is 23.1 Å². The van der Waals surface area contributed by atoms with Crippen LogP contribution in [0.25, 0.3) is 16.3 Å². The standard InChI is InChI=1S/C26H30N2O7S4/c1-3-19(16-25-27(12-6-14-38(29,30)31)21-8-4-5-9-23(21)36-25)17-26-28(13-7-15-39(32,33)34)22-18-20(35-2)10-11-24(22)37-26/h4-5,8-11,16-18H,3,6-7,12-15H2,1-2H3,(H-,29,30,31,32,33,34)/p-1. The molecule has 2 aromatic carbocycles. The molecule has 0 N–H and O–H groups in total. The van der Waals surface area contributed by atoms with E-state index in [1.807, 2.05) is 58.9 Å². The van der Waals surface area contributed by atoms with E-state index in [0.717, 1.165) is 36.4 Å². The molecule has 0 bridgehead atoms. The molecule has 0 saturated carbocycles. The first-order valence-corrected chi connectivity index (χ1v) is 17.1. The monoisotopic (exact) mass is 609 g/mol. The molecule has 210 valence electrons. The van der Waals surface area contributed by atoms with Crippen molar-refractivity contribution in [3.8, 4) is 5.75 Å². The van der Waals surface area contributed by atoms with Crippen molar-refractivity contribution in [2.75, 3.05) is 30.1 Å². The Balaban J connectivity index is 1.69. The maximum absolute atomic E-state index is 11.2. The van der Waals surface area contributed by atoms with Gasteiger partial charge in [-0.15, -0.1) is 0 Å². The molecule has 1 aliphatic rings. The van der Waals surface area contributed by atoms with Gasteiger partial charge in [0.1, 0.15) is 10.4 Å². The molecule has 0 unspecified atom stereocenters. The Hall–Kier alpha value is -2.42. The van der Waals surface area contributed by atoms with Crippen molar-refractivity contribution in [2.24, 2.45) is 0 Å². The summed E-state index contributed by atoms with van der Waals surface area (Å²) in [7, 11) is -7.04. The SMILES string of the molecule is CCC(=Cc1sc2ccccc2[n+]1CCCS(=O)(=O)[O-])C=C1Sc2ccc(OC)cc2N1CCCS(=O)(=O)[O-]. The average Bonchev–Trinajstić information content (AvgIpc) is 3.39. The van der Waals surface area contributed by atoms with Crippen LogP contribution in [0.5, 0.6) is 5.75 Å². The molecule has 1 aromatic heterocycles. The number of aryl methyl sites for hydroxylation is 1. The van der Waals surface area contributed by atoms with E-state index in [1.165, 1.54) is 0 Å². The fourth-order valence-electron chi connectivity index (χ4n) is 4.30. The smallest absolute Gasteiger partial charge is 0.263 e. The summed E-state index contributed by atoms with van der Waals surface area (Å²) in [6.07, 6.45) is 5.22. The van der Waals surface area contributed by atoms with Crippen molar-refractivity contribution in [2.45, 2.75) is 37.6 Å². The van der Waals surface area contributed by atoms with E-state index in [0.29, 0.717) is 25.3 Å². The number of aromatic nitrogens is 1. The lowest BCUT2D eigenvalue weighted by Crippen LogP contribution is -2.36. The van der Waals surface area contributed by atoms with Gasteiger partial charge in [0.15, 0.2) is 6.54 Å². The molecule has 1 aliphatic heterocycles. The van der Waals surface area contributed by atoms with Crippen LogP contribution in [0.1, 0.15) is 31.2 Å². The lowest BCUT2D eigenvalue weighted by Gasteiger charge is -2.21. The normalized spacial score (nSPS) is 15.3. The Morgan fingerprint density at radius 1 is 1.05 bits per heavy atom.